The van der Waals surface area contributed by atoms with Crippen LogP contribution in [0.4, 0.5) is 21.6 Å². The fourth-order valence-corrected chi connectivity index (χ4v) is 5.07. The summed E-state index contributed by atoms with van der Waals surface area (Å²) >= 11 is 7.06. The molecule has 0 aliphatic heterocycles. The monoisotopic (exact) mass is 647 g/mol. The first-order valence-electron chi connectivity index (χ1n) is 11.8. The number of aliphatic hydroxyl groups is 1. The van der Waals surface area contributed by atoms with E-state index in [0.717, 1.165) is 0 Å². The largest absolute Gasteiger partial charge is 0.389 e. The molecule has 0 unspecified atom stereocenters. The normalized spacial score (nSPS) is 13.1. The summed E-state index contributed by atoms with van der Waals surface area (Å²) in [6.45, 7) is 1.20. The molecule has 1 fully saturated rings. The van der Waals surface area contributed by atoms with E-state index in [9.17, 15) is 23.9 Å². The maximum atomic E-state index is 14.8. The number of hydrogen-bond donors (Lipinski definition) is 3. The molecule has 0 bridgehead atoms. The maximum absolute atomic E-state index is 14.8. The fourth-order valence-electron chi connectivity index (χ4n) is 4.50. The number of nitrogens with zero attached hydrogens (tertiary/aromatic N) is 3. The Morgan fingerprint density at radius 2 is 1.89 bits per heavy atom. The molecule has 5 rings (SSSR count). The summed E-state index contributed by atoms with van der Waals surface area (Å²) in [6, 6.07) is 11.0. The van der Waals surface area contributed by atoms with Crippen LogP contribution in [0.5, 0.6) is 0 Å². The van der Waals surface area contributed by atoms with E-state index < -0.39 is 22.6 Å². The second-order valence-corrected chi connectivity index (χ2v) is 10.8. The van der Waals surface area contributed by atoms with Crippen LogP contribution in [0, 0.1) is 16.3 Å². The molecular weight excluding hydrogens is 624 g/mol. The minimum Gasteiger partial charge on any atom is -0.389 e. The van der Waals surface area contributed by atoms with Crippen LogP contribution >= 0.6 is 34.8 Å². The minimum atomic E-state index is -0.574. The van der Waals surface area contributed by atoms with E-state index in [0.29, 0.717) is 27.8 Å². The zero-order valence-corrected chi connectivity index (χ0v) is 23.4. The molecule has 9 nitrogen and oxygen atoms in total. The molecule has 0 saturated heterocycles. The highest BCUT2D eigenvalue weighted by Crippen LogP contribution is 2.34. The number of hydrogen-bond acceptors (Lipinski definition) is 6. The summed E-state index contributed by atoms with van der Waals surface area (Å²) in [4.78, 5) is 41.3. The molecule has 0 atom stereocenters. The standard InChI is InChI=1S/C26H23FIN5O4S/c1-13-22-21(23(31(2)24(13)35)30-19-9-6-14(28)10-18(19)27)25(36)33(16-7-8-16)26(37)32(22)17-5-3-4-15(11-17)29-20(38)12-34/h3-6,9-11,16,30,34H,7-8,12H2,1-2H3,(H,29,38). The van der Waals surface area contributed by atoms with Crippen molar-refractivity contribution >= 4 is 67.9 Å². The van der Waals surface area contributed by atoms with Gasteiger partial charge >= 0.3 is 5.69 Å². The Bertz CT molecular complexity index is 1810. The van der Waals surface area contributed by atoms with Gasteiger partial charge in [0.15, 0.2) is 0 Å². The van der Waals surface area contributed by atoms with Gasteiger partial charge in [-0.1, -0.05) is 18.3 Å². The predicted molar refractivity (Wildman–Crippen MR) is 158 cm³/mol. The molecule has 2 aromatic heterocycles. The lowest BCUT2D eigenvalue weighted by molar-refractivity contribution is 0.359. The van der Waals surface area contributed by atoms with E-state index in [4.69, 9.17) is 12.2 Å². The Balaban J connectivity index is 1.88. The molecule has 2 heterocycles. The number of fused-ring (bicyclic) bond motifs is 1. The first-order chi connectivity index (χ1) is 18.1. The van der Waals surface area contributed by atoms with Gasteiger partial charge in [0, 0.05) is 27.9 Å². The summed E-state index contributed by atoms with van der Waals surface area (Å²) in [6.07, 6.45) is 1.35. The van der Waals surface area contributed by atoms with Crippen molar-refractivity contribution in [1.82, 2.24) is 13.7 Å². The van der Waals surface area contributed by atoms with Crippen LogP contribution < -0.4 is 27.4 Å². The molecule has 12 heteroatoms. The number of aryl methyl sites for hydroxylation is 1. The van der Waals surface area contributed by atoms with Crippen molar-refractivity contribution in [2.45, 2.75) is 25.8 Å². The number of benzene rings is 2. The second kappa shape index (κ2) is 10.1. The van der Waals surface area contributed by atoms with Gasteiger partial charge in [0.1, 0.15) is 22.0 Å². The Kier molecular flexibility index (Phi) is 6.96. The van der Waals surface area contributed by atoms with Gasteiger partial charge in [-0.05, 0) is 78.8 Å². The van der Waals surface area contributed by atoms with E-state index >= 15 is 0 Å². The Morgan fingerprint density at radius 3 is 2.55 bits per heavy atom. The topological polar surface area (TPSA) is 110 Å². The summed E-state index contributed by atoms with van der Waals surface area (Å²) in [5.74, 6) is -0.466. The van der Waals surface area contributed by atoms with Gasteiger partial charge in [0.25, 0.3) is 11.1 Å². The van der Waals surface area contributed by atoms with Crippen molar-refractivity contribution in [3.8, 4) is 5.69 Å². The molecule has 2 aromatic carbocycles. The van der Waals surface area contributed by atoms with E-state index in [2.05, 4.69) is 10.6 Å². The van der Waals surface area contributed by atoms with Gasteiger partial charge in [-0.2, -0.15) is 0 Å². The predicted octanol–water partition coefficient (Wildman–Crippen LogP) is 3.71. The molecule has 1 saturated carbocycles. The van der Waals surface area contributed by atoms with Crippen LogP contribution in [0.25, 0.3) is 16.6 Å². The summed E-state index contributed by atoms with van der Waals surface area (Å²) in [5, 5.41) is 15.3. The van der Waals surface area contributed by atoms with Crippen LogP contribution in [0.2, 0.25) is 0 Å². The molecule has 4 aromatic rings. The quantitative estimate of drug-likeness (QED) is 0.216. The van der Waals surface area contributed by atoms with Gasteiger partial charge < -0.3 is 15.7 Å². The molecule has 38 heavy (non-hydrogen) atoms. The van der Waals surface area contributed by atoms with Crippen LogP contribution in [0.1, 0.15) is 24.4 Å². The molecule has 0 amide bonds. The molecule has 0 spiro atoms. The molecule has 1 aliphatic carbocycles. The van der Waals surface area contributed by atoms with E-state index in [-0.39, 0.29) is 45.6 Å². The third-order valence-corrected chi connectivity index (χ3v) is 7.37. The maximum Gasteiger partial charge on any atom is 0.336 e. The average Bonchev–Trinajstić information content (AvgIpc) is 3.72. The molecular formula is C26H23FIN5O4S. The highest BCUT2D eigenvalue weighted by atomic mass is 127. The molecule has 1 aliphatic rings. The summed E-state index contributed by atoms with van der Waals surface area (Å²) in [7, 11) is 1.50. The molecule has 3 N–H and O–H groups in total. The van der Waals surface area contributed by atoms with Crippen LogP contribution in [-0.4, -0.2) is 30.4 Å². The lowest BCUT2D eigenvalue weighted by Crippen LogP contribution is -2.41. The van der Waals surface area contributed by atoms with Crippen molar-refractivity contribution in [2.75, 3.05) is 17.2 Å². The highest BCUT2D eigenvalue weighted by molar-refractivity contribution is 14.1. The lowest BCUT2D eigenvalue weighted by Gasteiger charge is -2.21. The summed E-state index contributed by atoms with van der Waals surface area (Å²) < 4.78 is 19.3. The van der Waals surface area contributed by atoms with E-state index in [1.54, 1.807) is 37.3 Å². The SMILES string of the molecule is Cc1c(=O)n(C)c(Nc2ccc(I)cc2F)c2c(=O)n(C3CC3)c(=O)n(-c3cccc(NC(=S)CO)c3)c12. The van der Waals surface area contributed by atoms with Crippen molar-refractivity contribution in [3.63, 3.8) is 0 Å². The van der Waals surface area contributed by atoms with E-state index in [1.165, 1.54) is 32.9 Å². The minimum absolute atomic E-state index is 0.0830. The summed E-state index contributed by atoms with van der Waals surface area (Å²) in [5.41, 5.74) is -0.244. The number of aliphatic hydroxyl groups excluding tert-OH is 1. The Hall–Kier alpha value is -3.36. The zero-order chi connectivity index (χ0) is 27.3. The first kappa shape index (κ1) is 26.3. The third-order valence-electron chi connectivity index (χ3n) is 6.47. The van der Waals surface area contributed by atoms with Crippen molar-refractivity contribution < 1.29 is 9.50 Å². The van der Waals surface area contributed by atoms with Crippen molar-refractivity contribution in [1.29, 1.82) is 0 Å². The molecule has 0 radical (unpaired) electrons. The van der Waals surface area contributed by atoms with Gasteiger partial charge in [0.05, 0.1) is 23.5 Å². The number of pyridine rings is 1. The van der Waals surface area contributed by atoms with Crippen LogP contribution in [-0.2, 0) is 7.05 Å². The number of aromatic nitrogens is 3. The highest BCUT2D eigenvalue weighted by Gasteiger charge is 2.31. The fraction of sp³-hybridized carbons (Fsp3) is 0.231. The van der Waals surface area contributed by atoms with Gasteiger partial charge in [-0.15, -0.1) is 0 Å². The average molecular weight is 647 g/mol. The van der Waals surface area contributed by atoms with Gasteiger partial charge in [-0.25, -0.2) is 9.18 Å². The second-order valence-electron chi connectivity index (χ2n) is 9.09. The van der Waals surface area contributed by atoms with Crippen molar-refractivity contribution in [2.24, 2.45) is 7.05 Å². The number of thiocarbonyl (C=S) groups is 1. The number of nitrogens with one attached hydrogen (secondary N) is 2. The Labute approximate surface area is 234 Å². The lowest BCUT2D eigenvalue weighted by atomic mass is 10.1. The first-order valence-corrected chi connectivity index (χ1v) is 13.2. The smallest absolute Gasteiger partial charge is 0.336 e. The molecule has 196 valence electrons. The number of halogens is 2. The van der Waals surface area contributed by atoms with Gasteiger partial charge in [-0.3, -0.25) is 23.3 Å². The van der Waals surface area contributed by atoms with Crippen LogP contribution in [0.15, 0.2) is 56.8 Å². The third kappa shape index (κ3) is 4.56. The Morgan fingerprint density at radius 1 is 1.16 bits per heavy atom. The van der Waals surface area contributed by atoms with Gasteiger partial charge in [0.2, 0.25) is 0 Å². The number of rotatable bonds is 6. The van der Waals surface area contributed by atoms with Crippen molar-refractivity contribution in [3.05, 3.63) is 88.6 Å². The van der Waals surface area contributed by atoms with E-state index in [1.807, 2.05) is 22.6 Å². The zero-order valence-electron chi connectivity index (χ0n) is 20.4. The number of anilines is 3. The van der Waals surface area contributed by atoms with Crippen LogP contribution in [0.3, 0.4) is 0 Å².